The minimum atomic E-state index is -0.0405. The van der Waals surface area contributed by atoms with Gasteiger partial charge in [-0.25, -0.2) is 5.10 Å². The van der Waals surface area contributed by atoms with Crippen molar-refractivity contribution in [3.8, 4) is 0 Å². The second kappa shape index (κ2) is 4.98. The third kappa shape index (κ3) is 2.26. The smallest absolute Gasteiger partial charge is 0.267 e. The van der Waals surface area contributed by atoms with Gasteiger partial charge in [0.1, 0.15) is 0 Å². The van der Waals surface area contributed by atoms with Gasteiger partial charge in [-0.05, 0) is 30.7 Å². The number of fused-ring (bicyclic) bond motifs is 1. The Morgan fingerprint density at radius 2 is 2.06 bits per heavy atom. The van der Waals surface area contributed by atoms with Gasteiger partial charge in [0, 0.05) is 11.5 Å². The molecule has 0 saturated carbocycles. The normalized spacial score (nSPS) is 20.5. The molecule has 0 fully saturated rings. The molecule has 4 heteroatoms. The van der Waals surface area contributed by atoms with E-state index < -0.39 is 0 Å². The zero-order chi connectivity index (χ0) is 13.2. The first-order valence-electron chi connectivity index (χ1n) is 5.93. The van der Waals surface area contributed by atoms with Crippen molar-refractivity contribution in [1.82, 2.24) is 10.2 Å². The zero-order valence-corrected chi connectivity index (χ0v) is 11.2. The Morgan fingerprint density at radius 3 is 2.59 bits per heavy atom. The molecule has 0 aromatic carbocycles. The van der Waals surface area contributed by atoms with Crippen LogP contribution in [-0.2, 0) is 6.42 Å². The lowest BCUT2D eigenvalue weighted by molar-refractivity contribution is 0.302. The standard InChI is InChI=1S/C12H18N2O.CH3F/c1-5-9-10-8(6-12(9,3)4)7(2)11(15)14-13-10;1-2/h9H,5-6H2,1-4H3,(H,14,15);1H3. The largest absolute Gasteiger partial charge is 0.268 e. The minimum Gasteiger partial charge on any atom is -0.268 e. The molecule has 1 heterocycles. The molecular weight excluding hydrogens is 219 g/mol. The predicted molar refractivity (Wildman–Crippen MR) is 67.1 cm³/mol. The van der Waals surface area contributed by atoms with Crippen molar-refractivity contribution in [2.24, 2.45) is 5.41 Å². The third-order valence-corrected chi connectivity index (χ3v) is 3.69. The maximum atomic E-state index is 11.5. The topological polar surface area (TPSA) is 45.8 Å². The van der Waals surface area contributed by atoms with Crippen LogP contribution in [-0.4, -0.2) is 17.4 Å². The van der Waals surface area contributed by atoms with Crippen LogP contribution in [0.2, 0.25) is 0 Å². The Kier molecular flexibility index (Phi) is 4.07. The number of aromatic nitrogens is 2. The molecule has 1 N–H and O–H groups in total. The lowest BCUT2D eigenvalue weighted by atomic mass is 9.79. The molecule has 2 rings (SSSR count). The van der Waals surface area contributed by atoms with E-state index in [1.165, 1.54) is 5.56 Å². The molecule has 0 saturated heterocycles. The molecule has 3 nitrogen and oxygen atoms in total. The van der Waals surface area contributed by atoms with Crippen LogP contribution in [0.3, 0.4) is 0 Å². The molecule has 1 aliphatic carbocycles. The van der Waals surface area contributed by atoms with Crippen LogP contribution >= 0.6 is 0 Å². The summed E-state index contributed by atoms with van der Waals surface area (Å²) in [7, 11) is 0.500. The summed E-state index contributed by atoms with van der Waals surface area (Å²) >= 11 is 0. The van der Waals surface area contributed by atoms with E-state index in [2.05, 4.69) is 31.0 Å². The van der Waals surface area contributed by atoms with Crippen molar-refractivity contribution >= 4 is 0 Å². The maximum Gasteiger partial charge on any atom is 0.267 e. The molecule has 0 amide bonds. The second-order valence-corrected chi connectivity index (χ2v) is 5.17. The molecule has 1 atom stereocenters. The average molecular weight is 240 g/mol. The third-order valence-electron chi connectivity index (χ3n) is 3.69. The molecule has 0 radical (unpaired) electrons. The molecule has 0 spiro atoms. The fourth-order valence-electron chi connectivity index (χ4n) is 2.80. The Balaban J connectivity index is 0.000000686. The highest BCUT2D eigenvalue weighted by Crippen LogP contribution is 2.47. The fraction of sp³-hybridized carbons (Fsp3) is 0.692. The van der Waals surface area contributed by atoms with E-state index >= 15 is 0 Å². The highest BCUT2D eigenvalue weighted by atomic mass is 19.1. The van der Waals surface area contributed by atoms with Crippen LogP contribution < -0.4 is 5.56 Å². The van der Waals surface area contributed by atoms with Gasteiger partial charge in [0.25, 0.3) is 5.56 Å². The van der Waals surface area contributed by atoms with Crippen LogP contribution in [0.15, 0.2) is 4.79 Å². The van der Waals surface area contributed by atoms with Crippen LogP contribution in [0.1, 0.15) is 49.9 Å². The number of rotatable bonds is 1. The number of nitrogens with zero attached hydrogens (tertiary/aromatic N) is 1. The monoisotopic (exact) mass is 240 g/mol. The molecule has 1 aromatic rings. The summed E-state index contributed by atoms with van der Waals surface area (Å²) in [4.78, 5) is 11.5. The highest BCUT2D eigenvalue weighted by Gasteiger charge is 2.40. The van der Waals surface area contributed by atoms with Gasteiger partial charge in [-0.3, -0.25) is 9.18 Å². The number of aromatic amines is 1. The SMILES string of the molecule is CCC1c2n[nH]c(=O)c(C)c2CC1(C)C.CF. The van der Waals surface area contributed by atoms with Crippen molar-refractivity contribution in [2.75, 3.05) is 7.18 Å². The van der Waals surface area contributed by atoms with Gasteiger partial charge in [-0.2, -0.15) is 5.10 Å². The fourth-order valence-corrected chi connectivity index (χ4v) is 2.80. The lowest BCUT2D eigenvalue weighted by Crippen LogP contribution is -2.17. The summed E-state index contributed by atoms with van der Waals surface area (Å²) < 4.78 is 9.50. The molecule has 1 aliphatic rings. The summed E-state index contributed by atoms with van der Waals surface area (Å²) in [5, 5.41) is 6.83. The molecule has 96 valence electrons. The van der Waals surface area contributed by atoms with Crippen molar-refractivity contribution in [2.45, 2.75) is 46.5 Å². The summed E-state index contributed by atoms with van der Waals surface area (Å²) in [6, 6.07) is 0. The van der Waals surface area contributed by atoms with Crippen molar-refractivity contribution in [1.29, 1.82) is 0 Å². The van der Waals surface area contributed by atoms with E-state index in [4.69, 9.17) is 0 Å². The quantitative estimate of drug-likeness (QED) is 0.820. The first kappa shape index (κ1) is 13.9. The van der Waals surface area contributed by atoms with E-state index in [1.54, 1.807) is 0 Å². The van der Waals surface area contributed by atoms with Gasteiger partial charge in [-0.15, -0.1) is 0 Å². The van der Waals surface area contributed by atoms with E-state index in [0.29, 0.717) is 13.1 Å². The van der Waals surface area contributed by atoms with Crippen LogP contribution in [0.25, 0.3) is 0 Å². The lowest BCUT2D eigenvalue weighted by Gasteiger charge is -2.25. The molecule has 0 aliphatic heterocycles. The van der Waals surface area contributed by atoms with E-state index in [9.17, 15) is 9.18 Å². The van der Waals surface area contributed by atoms with Crippen LogP contribution in [0, 0.1) is 12.3 Å². The van der Waals surface area contributed by atoms with Crippen LogP contribution in [0.4, 0.5) is 4.39 Å². The first-order valence-corrected chi connectivity index (χ1v) is 5.93. The number of hydrogen-bond donors (Lipinski definition) is 1. The van der Waals surface area contributed by atoms with Gasteiger partial charge in [-0.1, -0.05) is 20.8 Å². The molecule has 17 heavy (non-hydrogen) atoms. The Hall–Kier alpha value is -1.19. The van der Waals surface area contributed by atoms with E-state index in [-0.39, 0.29) is 11.0 Å². The van der Waals surface area contributed by atoms with E-state index in [0.717, 1.165) is 24.1 Å². The molecule has 1 unspecified atom stereocenters. The van der Waals surface area contributed by atoms with Gasteiger partial charge in [0.2, 0.25) is 0 Å². The average Bonchev–Trinajstić information content (AvgIpc) is 2.57. The first-order chi connectivity index (χ1) is 7.97. The van der Waals surface area contributed by atoms with Gasteiger partial charge in [0.15, 0.2) is 0 Å². The maximum absolute atomic E-state index is 11.5. The number of alkyl halides is 1. The van der Waals surface area contributed by atoms with Crippen molar-refractivity contribution in [3.05, 3.63) is 27.2 Å². The Bertz CT molecular complexity index is 451. The Morgan fingerprint density at radius 1 is 1.47 bits per heavy atom. The van der Waals surface area contributed by atoms with Crippen LogP contribution in [0.5, 0.6) is 0 Å². The highest BCUT2D eigenvalue weighted by molar-refractivity contribution is 5.36. The second-order valence-electron chi connectivity index (χ2n) is 5.17. The molecular formula is C13H21FN2O. The summed E-state index contributed by atoms with van der Waals surface area (Å²) in [5.74, 6) is 0.475. The van der Waals surface area contributed by atoms with Gasteiger partial charge in [0.05, 0.1) is 12.9 Å². The number of halogens is 1. The molecule has 0 bridgehead atoms. The summed E-state index contributed by atoms with van der Waals surface area (Å²) in [5.41, 5.74) is 3.33. The Labute approximate surface area is 101 Å². The van der Waals surface area contributed by atoms with E-state index in [1.807, 2.05) is 6.92 Å². The number of H-pyrrole nitrogens is 1. The zero-order valence-electron chi connectivity index (χ0n) is 11.2. The van der Waals surface area contributed by atoms with Crippen molar-refractivity contribution < 1.29 is 4.39 Å². The summed E-state index contributed by atoms with van der Waals surface area (Å²) in [6.07, 6.45) is 2.06. The van der Waals surface area contributed by atoms with Gasteiger partial charge < -0.3 is 0 Å². The predicted octanol–water partition coefficient (Wildman–Crippen LogP) is 2.74. The molecule has 1 aromatic heterocycles. The number of nitrogens with one attached hydrogen (secondary N) is 1. The van der Waals surface area contributed by atoms with Crippen molar-refractivity contribution in [3.63, 3.8) is 0 Å². The summed E-state index contributed by atoms with van der Waals surface area (Å²) in [6.45, 7) is 8.59. The van der Waals surface area contributed by atoms with Gasteiger partial charge >= 0.3 is 0 Å². The minimum absolute atomic E-state index is 0.0405. The number of hydrogen-bond acceptors (Lipinski definition) is 2.